The van der Waals surface area contributed by atoms with Gasteiger partial charge in [-0.05, 0) is 71.8 Å². The van der Waals surface area contributed by atoms with E-state index in [0.29, 0.717) is 51.3 Å². The maximum Gasteiger partial charge on any atom is 0.304 e. The van der Waals surface area contributed by atoms with Crippen LogP contribution in [0.3, 0.4) is 0 Å². The number of halogens is 1. The van der Waals surface area contributed by atoms with E-state index in [1.54, 1.807) is 41.3 Å². The molecule has 0 spiro atoms. The molecule has 58 heavy (non-hydrogen) atoms. The number of aromatic nitrogens is 1. The van der Waals surface area contributed by atoms with Gasteiger partial charge >= 0.3 is 11.9 Å². The number of thioether (sulfide) groups is 3. The lowest BCUT2D eigenvalue weighted by Crippen LogP contribution is -2.06. The normalized spacial score (nSPS) is 12.7. The Morgan fingerprint density at radius 3 is 2.02 bits per heavy atom. The Balaban J connectivity index is 0.000000231. The minimum absolute atomic E-state index is 0. The standard InChI is InChI=1S/C14H14ClNO3S.C14H15NO3S.C14H17NOS2.CH4/c1-8-4-9-5-10(11(15)6-12(9)16-8)13(17)7-20-3-2-14(18)19;1-9-6-11-7-10(2-3-12(11)15-9)13(16)8-19-5-4-14(17)18;1-3-4-7-17-9-13(16)11-5-6-12-14(8-11)18-10(2)15-12;/h5-6,16H,1-4,7H2,(H,18,19);2-3,7,15H,1,4-6,8H2,(H,17,18);5-6,8,16H,2-4,7,9H2,1H3;1H4. The Morgan fingerprint density at radius 2 is 1.38 bits per heavy atom. The summed E-state index contributed by atoms with van der Waals surface area (Å²) < 4.78 is 1.90. The first kappa shape index (κ1) is 48.2. The van der Waals surface area contributed by atoms with Crippen LogP contribution in [0.4, 0.5) is 11.4 Å². The van der Waals surface area contributed by atoms with Crippen molar-refractivity contribution in [2.75, 3.05) is 45.2 Å². The van der Waals surface area contributed by atoms with Crippen molar-refractivity contribution < 1.29 is 34.5 Å². The fourth-order valence-corrected chi connectivity index (χ4v) is 9.21. The molecule has 0 radical (unpaired) electrons. The number of anilines is 2. The van der Waals surface area contributed by atoms with Crippen molar-refractivity contribution in [2.45, 2.75) is 52.9 Å². The minimum atomic E-state index is -0.856. The molecule has 0 unspecified atom stereocenters. The number of ketones is 2. The van der Waals surface area contributed by atoms with E-state index in [9.17, 15) is 24.3 Å². The van der Waals surface area contributed by atoms with E-state index in [1.807, 2.05) is 30.3 Å². The second-order valence-electron chi connectivity index (χ2n) is 13.1. The molecule has 15 heteroatoms. The van der Waals surface area contributed by atoms with Gasteiger partial charge in [-0.25, -0.2) is 4.98 Å². The number of nitrogens with zero attached hydrogens (tertiary/aromatic N) is 1. The number of carboxylic acid groups (broad SMARTS) is 2. The van der Waals surface area contributed by atoms with Crippen LogP contribution >= 0.6 is 58.2 Å². The first-order valence-corrected chi connectivity index (χ1v) is 22.8. The highest BCUT2D eigenvalue weighted by atomic mass is 35.5. The van der Waals surface area contributed by atoms with Crippen molar-refractivity contribution in [1.29, 1.82) is 0 Å². The number of hydrogen-bond donors (Lipinski definition) is 5. The third kappa shape index (κ3) is 15.2. The van der Waals surface area contributed by atoms with E-state index in [-0.39, 0.29) is 37.6 Å². The van der Waals surface area contributed by atoms with Crippen LogP contribution in [0.2, 0.25) is 5.02 Å². The summed E-state index contributed by atoms with van der Waals surface area (Å²) in [4.78, 5) is 49.1. The number of carbonyl (C=O) groups excluding carboxylic acids is 2. The van der Waals surface area contributed by atoms with Gasteiger partial charge in [0.2, 0.25) is 0 Å². The monoisotopic (exact) mass is 883 g/mol. The number of allylic oxidation sites excluding steroid dienone is 2. The average molecular weight is 885 g/mol. The predicted octanol–water partition coefficient (Wildman–Crippen LogP) is 9.31. The molecule has 5 N–H and O–H groups in total. The summed E-state index contributed by atoms with van der Waals surface area (Å²) in [5.74, 6) is 1.95. The number of aliphatic hydroxyl groups excluding tert-OH is 1. The van der Waals surface area contributed by atoms with E-state index in [4.69, 9.17) is 21.8 Å². The number of carbonyl (C=O) groups is 4. The number of hydrogen-bond acceptors (Lipinski definition) is 12. The van der Waals surface area contributed by atoms with Gasteiger partial charge in [0.1, 0.15) is 10.4 Å². The molecular formula is C43H50ClN3O7S4. The van der Waals surface area contributed by atoms with Crippen molar-refractivity contribution in [2.24, 2.45) is 0 Å². The fourth-order valence-electron chi connectivity index (χ4n) is 5.52. The summed E-state index contributed by atoms with van der Waals surface area (Å²) in [6.45, 7) is 13.7. The molecular weight excluding hydrogens is 834 g/mol. The molecule has 0 fully saturated rings. The Kier molecular flexibility index (Phi) is 19.9. The fraction of sp³-hybridized carbons (Fsp3) is 0.326. The molecule has 6 rings (SSSR count). The third-order valence-corrected chi connectivity index (χ3v) is 12.5. The predicted molar refractivity (Wildman–Crippen MR) is 248 cm³/mol. The number of aliphatic carboxylic acids is 2. The maximum atomic E-state index is 12.1. The van der Waals surface area contributed by atoms with Gasteiger partial charge in [-0.15, -0.1) is 11.3 Å². The van der Waals surface area contributed by atoms with Crippen LogP contribution in [0.1, 0.15) is 71.9 Å². The number of fused-ring (bicyclic) bond motifs is 3. The Labute approximate surface area is 361 Å². The van der Waals surface area contributed by atoms with Gasteiger partial charge in [-0.1, -0.05) is 52.1 Å². The zero-order valence-electron chi connectivity index (χ0n) is 31.7. The van der Waals surface area contributed by atoms with Gasteiger partial charge in [0.05, 0.1) is 45.3 Å². The van der Waals surface area contributed by atoms with Gasteiger partial charge < -0.3 is 26.0 Å². The molecule has 3 aromatic carbocycles. The number of unbranched alkanes of at least 4 members (excludes halogenated alkanes) is 1. The van der Waals surface area contributed by atoms with E-state index in [1.165, 1.54) is 36.4 Å². The molecule has 0 saturated heterocycles. The zero-order valence-corrected chi connectivity index (χ0v) is 35.7. The maximum absolute atomic E-state index is 12.1. The second kappa shape index (κ2) is 24.0. The Bertz CT molecular complexity index is 2260. The molecule has 10 nitrogen and oxygen atoms in total. The van der Waals surface area contributed by atoms with E-state index < -0.39 is 11.9 Å². The minimum Gasteiger partial charge on any atom is -0.511 e. The molecule has 1 aromatic heterocycles. The summed E-state index contributed by atoms with van der Waals surface area (Å²) in [5, 5.41) is 34.7. The molecule has 2 aliphatic heterocycles. The molecule has 0 amide bonds. The van der Waals surface area contributed by atoms with Crippen LogP contribution in [0.5, 0.6) is 0 Å². The number of aliphatic hydroxyl groups is 1. The molecule has 0 atom stereocenters. The summed E-state index contributed by atoms with van der Waals surface area (Å²) in [6.07, 6.45) is 4.00. The van der Waals surface area contributed by atoms with Gasteiger partial charge in [0.15, 0.2) is 11.6 Å². The topological polar surface area (TPSA) is 166 Å². The second-order valence-corrected chi connectivity index (χ2v) is 17.9. The first-order chi connectivity index (χ1) is 27.2. The lowest BCUT2D eigenvalue weighted by molar-refractivity contribution is -0.137. The van der Waals surface area contributed by atoms with E-state index in [0.717, 1.165) is 66.2 Å². The molecule has 2 aliphatic rings. The summed E-state index contributed by atoms with van der Waals surface area (Å²) >= 11 is 12.1. The highest BCUT2D eigenvalue weighted by Gasteiger charge is 2.20. The molecule has 4 aromatic rings. The Morgan fingerprint density at radius 1 is 0.776 bits per heavy atom. The number of thiazole rings is 1. The Hall–Kier alpha value is -4.21. The van der Waals surface area contributed by atoms with Gasteiger partial charge in [0, 0.05) is 63.5 Å². The molecule has 310 valence electrons. The molecule has 0 bridgehead atoms. The lowest BCUT2D eigenvalue weighted by Gasteiger charge is -2.07. The lowest BCUT2D eigenvalue weighted by atomic mass is 10.1. The van der Waals surface area contributed by atoms with Crippen LogP contribution in [0.25, 0.3) is 22.6 Å². The largest absolute Gasteiger partial charge is 0.511 e. The summed E-state index contributed by atoms with van der Waals surface area (Å²) in [6, 6.07) is 15.0. The first-order valence-electron chi connectivity index (χ1n) is 18.1. The number of rotatable bonds is 17. The number of benzene rings is 3. The summed E-state index contributed by atoms with van der Waals surface area (Å²) in [7, 11) is 0. The van der Waals surface area contributed by atoms with Crippen LogP contribution in [-0.2, 0) is 22.4 Å². The van der Waals surface area contributed by atoms with Crippen LogP contribution in [-0.4, -0.2) is 78.3 Å². The molecule has 0 aliphatic carbocycles. The van der Waals surface area contributed by atoms with Gasteiger partial charge in [-0.2, -0.15) is 35.3 Å². The molecule has 0 saturated carbocycles. The van der Waals surface area contributed by atoms with Crippen molar-refractivity contribution >= 4 is 116 Å². The summed E-state index contributed by atoms with van der Waals surface area (Å²) in [5.41, 5.74) is 7.97. The van der Waals surface area contributed by atoms with E-state index >= 15 is 0 Å². The van der Waals surface area contributed by atoms with Crippen LogP contribution in [0.15, 0.2) is 73.1 Å². The number of carboxylic acids is 2. The van der Waals surface area contributed by atoms with E-state index in [2.05, 4.69) is 42.3 Å². The van der Waals surface area contributed by atoms with Crippen LogP contribution in [0, 0.1) is 0 Å². The van der Waals surface area contributed by atoms with Crippen LogP contribution < -0.4 is 20.5 Å². The van der Waals surface area contributed by atoms with Gasteiger partial charge in [0.25, 0.3) is 0 Å². The quantitative estimate of drug-likeness (QED) is 0.0504. The van der Waals surface area contributed by atoms with Crippen molar-refractivity contribution in [1.82, 2.24) is 4.98 Å². The highest BCUT2D eigenvalue weighted by Crippen LogP contribution is 2.33. The van der Waals surface area contributed by atoms with Gasteiger partial charge in [-0.3, -0.25) is 19.2 Å². The zero-order chi connectivity index (χ0) is 41.5. The van der Waals surface area contributed by atoms with Crippen molar-refractivity contribution in [3.05, 3.63) is 110 Å². The molecule has 3 heterocycles. The SMILES string of the molecule is C.C=C1Cc2cc(C(=O)CSCCC(=O)O)c(Cl)cc2N1.C=C1Cc2cc(C(=O)CSCCC(=O)O)ccc2N1.C=c1nc2ccc(=C(O)CSCCCC)cc2s1. The number of Topliss-reactive ketones (excluding diaryl/α,β-unsaturated/α-hetero) is 2. The third-order valence-electron chi connectivity index (χ3n) is 8.38. The average Bonchev–Trinajstić information content (AvgIpc) is 3.85. The smallest absolute Gasteiger partial charge is 0.304 e. The van der Waals surface area contributed by atoms with Crippen molar-refractivity contribution in [3.8, 4) is 0 Å². The number of nitrogens with one attached hydrogen (secondary N) is 2. The highest BCUT2D eigenvalue weighted by molar-refractivity contribution is 8.00. The van der Waals surface area contributed by atoms with Crippen molar-refractivity contribution in [3.63, 3.8) is 0 Å².